The number of oxime groups is 1. The Morgan fingerprint density at radius 3 is 2.57 bits per heavy atom. The van der Waals surface area contributed by atoms with Crippen molar-refractivity contribution < 1.29 is 22.8 Å². The molecule has 148 valence electrons. The van der Waals surface area contributed by atoms with Crippen LogP contribution in [0.2, 0.25) is 0 Å². The molecule has 28 heavy (non-hydrogen) atoms. The first-order valence-corrected chi connectivity index (χ1v) is 11.0. The second-order valence-electron chi connectivity index (χ2n) is 6.93. The first-order valence-electron chi connectivity index (χ1n) is 9.11. The monoisotopic (exact) mass is 401 g/mol. The lowest BCUT2D eigenvalue weighted by Gasteiger charge is -2.14. The molecule has 2 aromatic rings. The minimum absolute atomic E-state index is 0.205. The van der Waals surface area contributed by atoms with Gasteiger partial charge >= 0.3 is 5.97 Å². The minimum Gasteiger partial charge on any atom is -0.407 e. The van der Waals surface area contributed by atoms with Crippen molar-refractivity contribution in [3.63, 3.8) is 0 Å². The third-order valence-electron chi connectivity index (χ3n) is 4.82. The molecule has 7 heteroatoms. The Morgan fingerprint density at radius 2 is 1.93 bits per heavy atom. The first kappa shape index (κ1) is 20.1. The Labute approximate surface area is 165 Å². The molecule has 0 aromatic heterocycles. The molecule has 0 radical (unpaired) electrons. The predicted molar refractivity (Wildman–Crippen MR) is 107 cm³/mol. The third kappa shape index (κ3) is 4.42. The molecule has 2 aromatic carbocycles. The van der Waals surface area contributed by atoms with Crippen LogP contribution in [0.4, 0.5) is 0 Å². The van der Waals surface area contributed by atoms with Crippen LogP contribution in [0.1, 0.15) is 31.7 Å². The highest BCUT2D eigenvalue weighted by molar-refractivity contribution is 7.90. The molecule has 0 aliphatic carbocycles. The maximum atomic E-state index is 12.1. The number of esters is 1. The maximum absolute atomic E-state index is 12.1. The van der Waals surface area contributed by atoms with E-state index in [1.54, 1.807) is 24.3 Å². The van der Waals surface area contributed by atoms with Gasteiger partial charge in [-0.15, -0.1) is 0 Å². The number of benzene rings is 2. The number of carbonyl (C=O) groups excluding carboxylic acids is 1. The summed E-state index contributed by atoms with van der Waals surface area (Å²) >= 11 is 0. The molecule has 3 rings (SSSR count). The van der Waals surface area contributed by atoms with Crippen LogP contribution in [-0.2, 0) is 24.2 Å². The van der Waals surface area contributed by atoms with Crippen molar-refractivity contribution in [2.75, 3.05) is 12.9 Å². The van der Waals surface area contributed by atoms with Gasteiger partial charge in [0.25, 0.3) is 0 Å². The number of sulfone groups is 1. The van der Waals surface area contributed by atoms with Crippen LogP contribution in [0.25, 0.3) is 11.1 Å². The standard InChI is InChI=1S/C21H23NO5S/c1-4-14(2)21(23)27-20-19(13-26-22-20)17-7-5-6-16(12-17)15-8-10-18(11-9-15)28(3,24)25/h5-12,14,19H,4,13H2,1-3H3. The van der Waals surface area contributed by atoms with Crippen LogP contribution in [0, 0.1) is 5.92 Å². The van der Waals surface area contributed by atoms with Crippen molar-refractivity contribution in [2.45, 2.75) is 31.1 Å². The zero-order valence-corrected chi connectivity index (χ0v) is 16.9. The predicted octanol–water partition coefficient (Wildman–Crippen LogP) is 3.77. The fraction of sp³-hybridized carbons (Fsp3) is 0.333. The van der Waals surface area contributed by atoms with E-state index in [-0.39, 0.29) is 28.6 Å². The molecule has 1 aliphatic heterocycles. The maximum Gasteiger partial charge on any atom is 0.315 e. The highest BCUT2D eigenvalue weighted by atomic mass is 32.2. The van der Waals surface area contributed by atoms with Gasteiger partial charge in [0.05, 0.1) is 10.8 Å². The van der Waals surface area contributed by atoms with Gasteiger partial charge in [-0.2, -0.15) is 0 Å². The molecule has 6 nitrogen and oxygen atoms in total. The largest absolute Gasteiger partial charge is 0.407 e. The van der Waals surface area contributed by atoms with Gasteiger partial charge in [-0.1, -0.05) is 55.4 Å². The van der Waals surface area contributed by atoms with Crippen LogP contribution >= 0.6 is 0 Å². The van der Waals surface area contributed by atoms with Crippen molar-refractivity contribution in [1.29, 1.82) is 0 Å². The minimum atomic E-state index is -3.23. The van der Waals surface area contributed by atoms with E-state index in [0.29, 0.717) is 13.0 Å². The summed E-state index contributed by atoms with van der Waals surface area (Å²) in [6.45, 7) is 4.04. The van der Waals surface area contributed by atoms with Crippen molar-refractivity contribution in [3.05, 3.63) is 54.1 Å². The van der Waals surface area contributed by atoms with E-state index in [1.165, 1.54) is 6.26 Å². The third-order valence-corrected chi connectivity index (χ3v) is 5.95. The summed E-state index contributed by atoms with van der Waals surface area (Å²) in [4.78, 5) is 17.6. The Morgan fingerprint density at radius 1 is 1.21 bits per heavy atom. The van der Waals surface area contributed by atoms with E-state index in [2.05, 4.69) is 5.16 Å². The SMILES string of the molecule is CCC(C)C(=O)OC1=NOCC1c1cccc(-c2ccc(S(C)(=O)=O)cc2)c1. The van der Waals surface area contributed by atoms with E-state index >= 15 is 0 Å². The summed E-state index contributed by atoms with van der Waals surface area (Å²) in [5.41, 5.74) is 2.73. The van der Waals surface area contributed by atoms with Gasteiger partial charge in [-0.3, -0.25) is 4.79 Å². The summed E-state index contributed by atoms with van der Waals surface area (Å²) in [6.07, 6.45) is 1.88. The lowest BCUT2D eigenvalue weighted by atomic mass is 9.95. The van der Waals surface area contributed by atoms with Crippen molar-refractivity contribution in [3.8, 4) is 11.1 Å². The van der Waals surface area contributed by atoms with Gasteiger partial charge in [0.15, 0.2) is 9.84 Å². The molecule has 0 amide bonds. The van der Waals surface area contributed by atoms with Gasteiger partial charge in [0, 0.05) is 6.26 Å². The molecule has 0 spiro atoms. The molecule has 0 bridgehead atoms. The average molecular weight is 401 g/mol. The van der Waals surface area contributed by atoms with Crippen LogP contribution in [0.5, 0.6) is 0 Å². The summed E-state index contributed by atoms with van der Waals surface area (Å²) in [6, 6.07) is 14.5. The quantitative estimate of drug-likeness (QED) is 0.712. The molecule has 0 fully saturated rings. The summed E-state index contributed by atoms with van der Waals surface area (Å²) < 4.78 is 28.7. The van der Waals surface area contributed by atoms with Gasteiger partial charge in [-0.25, -0.2) is 8.42 Å². The number of carbonyl (C=O) groups is 1. The number of nitrogens with zero attached hydrogens (tertiary/aromatic N) is 1. The van der Waals surface area contributed by atoms with E-state index in [4.69, 9.17) is 9.57 Å². The zero-order chi connectivity index (χ0) is 20.3. The molecule has 0 N–H and O–H groups in total. The van der Waals surface area contributed by atoms with Crippen molar-refractivity contribution in [2.24, 2.45) is 11.1 Å². The van der Waals surface area contributed by atoms with Crippen LogP contribution < -0.4 is 0 Å². The smallest absolute Gasteiger partial charge is 0.315 e. The lowest BCUT2D eigenvalue weighted by Crippen LogP contribution is -2.22. The summed E-state index contributed by atoms with van der Waals surface area (Å²) in [5.74, 6) is -0.508. The Hall–Kier alpha value is -2.67. The fourth-order valence-corrected chi connectivity index (χ4v) is 3.47. The molecule has 1 aliphatic rings. The molecule has 0 saturated carbocycles. The molecule has 0 saturated heterocycles. The lowest BCUT2D eigenvalue weighted by molar-refractivity contribution is -0.139. The second-order valence-corrected chi connectivity index (χ2v) is 8.95. The van der Waals surface area contributed by atoms with E-state index < -0.39 is 9.84 Å². The van der Waals surface area contributed by atoms with Gasteiger partial charge in [0.2, 0.25) is 5.90 Å². The average Bonchev–Trinajstić information content (AvgIpc) is 3.15. The highest BCUT2D eigenvalue weighted by Gasteiger charge is 2.30. The molecular formula is C21H23NO5S. The second kappa shape index (κ2) is 8.14. The normalized spacial score (nSPS) is 17.5. The number of ether oxygens (including phenoxy) is 1. The number of rotatable bonds is 5. The van der Waals surface area contributed by atoms with Gasteiger partial charge < -0.3 is 9.57 Å². The number of hydrogen-bond donors (Lipinski definition) is 0. The molecule has 1 heterocycles. The van der Waals surface area contributed by atoms with Crippen LogP contribution in [0.3, 0.4) is 0 Å². The first-order chi connectivity index (χ1) is 13.3. The van der Waals surface area contributed by atoms with Crippen molar-refractivity contribution in [1.82, 2.24) is 0 Å². The van der Waals surface area contributed by atoms with Crippen LogP contribution in [0.15, 0.2) is 58.6 Å². The number of hydrogen-bond acceptors (Lipinski definition) is 6. The Kier molecular flexibility index (Phi) is 5.84. The Bertz CT molecular complexity index is 996. The molecule has 2 unspecified atom stereocenters. The highest BCUT2D eigenvalue weighted by Crippen LogP contribution is 2.29. The van der Waals surface area contributed by atoms with E-state index in [1.807, 2.05) is 38.1 Å². The Balaban J connectivity index is 1.83. The topological polar surface area (TPSA) is 82.0 Å². The summed E-state index contributed by atoms with van der Waals surface area (Å²) in [7, 11) is -3.23. The van der Waals surface area contributed by atoms with E-state index in [9.17, 15) is 13.2 Å². The van der Waals surface area contributed by atoms with Crippen molar-refractivity contribution >= 4 is 21.7 Å². The fourth-order valence-electron chi connectivity index (χ4n) is 2.84. The van der Waals surface area contributed by atoms with Gasteiger partial charge in [-0.05, 0) is 35.2 Å². The molecular weight excluding hydrogens is 378 g/mol. The zero-order valence-electron chi connectivity index (χ0n) is 16.1. The molecule has 2 atom stereocenters. The summed E-state index contributed by atoms with van der Waals surface area (Å²) in [5, 5.41) is 3.90. The van der Waals surface area contributed by atoms with E-state index in [0.717, 1.165) is 16.7 Å². The van der Waals surface area contributed by atoms with Crippen LogP contribution in [-0.4, -0.2) is 33.1 Å². The van der Waals surface area contributed by atoms with Gasteiger partial charge in [0.1, 0.15) is 12.5 Å².